The van der Waals surface area contributed by atoms with Crippen LogP contribution >= 0.6 is 0 Å². The van der Waals surface area contributed by atoms with Gasteiger partial charge in [-0.15, -0.1) is 0 Å². The number of nitrogens with zero attached hydrogens (tertiary/aromatic N) is 2. The van der Waals surface area contributed by atoms with Crippen molar-refractivity contribution in [2.45, 2.75) is 45.6 Å². The van der Waals surface area contributed by atoms with Gasteiger partial charge in [0.15, 0.2) is 0 Å². The minimum absolute atomic E-state index is 0.0673. The SMILES string of the molecule is CCCNCc1cc(S(=O)(=O)N(C)CC(C)(C)C)cn1C. The van der Waals surface area contributed by atoms with Crippen molar-refractivity contribution in [3.8, 4) is 0 Å². The highest BCUT2D eigenvalue weighted by atomic mass is 32.2. The molecule has 1 aromatic heterocycles. The van der Waals surface area contributed by atoms with Crippen molar-refractivity contribution in [1.82, 2.24) is 14.2 Å². The highest BCUT2D eigenvalue weighted by Gasteiger charge is 2.26. The normalized spacial score (nSPS) is 13.1. The summed E-state index contributed by atoms with van der Waals surface area (Å²) in [4.78, 5) is 0.366. The summed E-state index contributed by atoms with van der Waals surface area (Å²) >= 11 is 0. The number of hydrogen-bond donors (Lipinski definition) is 1. The van der Waals surface area contributed by atoms with Crippen LogP contribution in [0.2, 0.25) is 0 Å². The maximum atomic E-state index is 12.6. The molecular formula is C15H29N3O2S. The van der Waals surface area contributed by atoms with Gasteiger partial charge in [-0.1, -0.05) is 27.7 Å². The van der Waals surface area contributed by atoms with Gasteiger partial charge in [0.25, 0.3) is 0 Å². The molecule has 0 aliphatic rings. The van der Waals surface area contributed by atoms with E-state index in [1.165, 1.54) is 4.31 Å². The molecule has 21 heavy (non-hydrogen) atoms. The Balaban J connectivity index is 2.91. The first-order valence-corrected chi connectivity index (χ1v) is 8.84. The van der Waals surface area contributed by atoms with Gasteiger partial charge in [-0.05, 0) is 24.4 Å². The van der Waals surface area contributed by atoms with E-state index in [1.54, 1.807) is 19.3 Å². The molecule has 0 saturated heterocycles. The molecule has 1 aromatic rings. The van der Waals surface area contributed by atoms with Crippen LogP contribution in [0.15, 0.2) is 17.2 Å². The van der Waals surface area contributed by atoms with E-state index in [1.807, 2.05) is 32.4 Å². The smallest absolute Gasteiger partial charge is 0.244 e. The summed E-state index contributed by atoms with van der Waals surface area (Å²) in [6.45, 7) is 10.3. The molecule has 6 heteroatoms. The van der Waals surface area contributed by atoms with Gasteiger partial charge in [0, 0.05) is 39.1 Å². The van der Waals surface area contributed by atoms with E-state index in [0.717, 1.165) is 18.7 Å². The van der Waals surface area contributed by atoms with Crippen molar-refractivity contribution in [3.05, 3.63) is 18.0 Å². The monoisotopic (exact) mass is 315 g/mol. The second-order valence-electron chi connectivity index (χ2n) is 6.78. The molecule has 5 nitrogen and oxygen atoms in total. The Bertz CT molecular complexity index is 556. The van der Waals surface area contributed by atoms with Crippen molar-refractivity contribution < 1.29 is 8.42 Å². The average Bonchev–Trinajstić information content (AvgIpc) is 2.70. The summed E-state index contributed by atoms with van der Waals surface area (Å²) in [5, 5.41) is 3.30. The van der Waals surface area contributed by atoms with Crippen LogP contribution < -0.4 is 5.32 Å². The predicted octanol–water partition coefficient (Wildman–Crippen LogP) is 2.19. The minimum Gasteiger partial charge on any atom is -0.352 e. The van der Waals surface area contributed by atoms with E-state index < -0.39 is 10.0 Å². The first-order valence-electron chi connectivity index (χ1n) is 7.40. The molecular weight excluding hydrogens is 286 g/mol. The molecule has 0 aliphatic carbocycles. The summed E-state index contributed by atoms with van der Waals surface area (Å²) in [7, 11) is 0.102. The van der Waals surface area contributed by atoms with Crippen LogP contribution in [0.4, 0.5) is 0 Å². The first kappa shape index (κ1) is 18.2. The van der Waals surface area contributed by atoms with Crippen LogP contribution in [0, 0.1) is 5.41 Å². The second-order valence-corrected chi connectivity index (χ2v) is 8.82. The Morgan fingerprint density at radius 2 is 1.95 bits per heavy atom. The zero-order valence-corrected chi connectivity index (χ0v) is 14.9. The van der Waals surface area contributed by atoms with Crippen LogP contribution in [-0.2, 0) is 23.6 Å². The fourth-order valence-electron chi connectivity index (χ4n) is 2.22. The Labute approximate surface area is 129 Å². The zero-order valence-electron chi connectivity index (χ0n) is 14.1. The average molecular weight is 315 g/mol. The number of nitrogens with one attached hydrogen (secondary N) is 1. The fraction of sp³-hybridized carbons (Fsp3) is 0.733. The van der Waals surface area contributed by atoms with E-state index in [9.17, 15) is 8.42 Å². The minimum atomic E-state index is -3.42. The van der Waals surface area contributed by atoms with Gasteiger partial charge in [0.1, 0.15) is 4.90 Å². The van der Waals surface area contributed by atoms with Gasteiger partial charge < -0.3 is 9.88 Å². The molecule has 122 valence electrons. The highest BCUT2D eigenvalue weighted by Crippen LogP contribution is 2.22. The molecule has 0 spiro atoms. The highest BCUT2D eigenvalue weighted by molar-refractivity contribution is 7.89. The molecule has 1 rings (SSSR count). The quantitative estimate of drug-likeness (QED) is 0.785. The lowest BCUT2D eigenvalue weighted by atomic mass is 9.97. The molecule has 0 unspecified atom stereocenters. The summed E-state index contributed by atoms with van der Waals surface area (Å²) in [6, 6.07) is 1.76. The number of hydrogen-bond acceptors (Lipinski definition) is 3. The van der Waals surface area contributed by atoms with Gasteiger partial charge in [-0.3, -0.25) is 0 Å². The maximum absolute atomic E-state index is 12.6. The second kappa shape index (κ2) is 6.94. The Kier molecular flexibility index (Phi) is 6.01. The van der Waals surface area contributed by atoms with Gasteiger partial charge in [-0.2, -0.15) is 0 Å². The largest absolute Gasteiger partial charge is 0.352 e. The van der Waals surface area contributed by atoms with Gasteiger partial charge in [-0.25, -0.2) is 12.7 Å². The third kappa shape index (κ3) is 5.13. The van der Waals surface area contributed by atoms with E-state index in [0.29, 0.717) is 18.0 Å². The lowest BCUT2D eigenvalue weighted by Crippen LogP contribution is -2.34. The van der Waals surface area contributed by atoms with Gasteiger partial charge >= 0.3 is 0 Å². The zero-order chi connectivity index (χ0) is 16.3. The molecule has 0 aliphatic heterocycles. The molecule has 1 heterocycles. The first-order chi connectivity index (χ1) is 9.58. The standard InChI is InChI=1S/C15H29N3O2S/c1-7-8-16-10-13-9-14(11-17(13)5)21(19,20)18(6)12-15(2,3)4/h9,11,16H,7-8,10,12H2,1-6H3. The molecule has 0 atom stereocenters. The summed E-state index contributed by atoms with van der Waals surface area (Å²) < 4.78 is 28.5. The van der Waals surface area contributed by atoms with E-state index >= 15 is 0 Å². The number of aromatic nitrogens is 1. The predicted molar refractivity (Wildman–Crippen MR) is 86.7 cm³/mol. The van der Waals surface area contributed by atoms with Gasteiger partial charge in [0.05, 0.1) is 0 Å². The Morgan fingerprint density at radius 1 is 1.33 bits per heavy atom. The van der Waals surface area contributed by atoms with Crippen molar-refractivity contribution in [2.75, 3.05) is 20.1 Å². The molecule has 0 bridgehead atoms. The van der Waals surface area contributed by atoms with Crippen molar-refractivity contribution >= 4 is 10.0 Å². The topological polar surface area (TPSA) is 54.3 Å². The van der Waals surface area contributed by atoms with Crippen molar-refractivity contribution in [1.29, 1.82) is 0 Å². The summed E-state index contributed by atoms with van der Waals surface area (Å²) in [5.74, 6) is 0. The lowest BCUT2D eigenvalue weighted by Gasteiger charge is -2.25. The fourth-order valence-corrected chi connectivity index (χ4v) is 3.71. The maximum Gasteiger partial charge on any atom is 0.244 e. The Hall–Kier alpha value is -0.850. The van der Waals surface area contributed by atoms with E-state index in [4.69, 9.17) is 0 Å². The Morgan fingerprint density at radius 3 is 2.48 bits per heavy atom. The van der Waals surface area contributed by atoms with Crippen LogP contribution in [0.5, 0.6) is 0 Å². The third-order valence-corrected chi connectivity index (χ3v) is 4.99. The van der Waals surface area contributed by atoms with Gasteiger partial charge in [0.2, 0.25) is 10.0 Å². The van der Waals surface area contributed by atoms with Crippen molar-refractivity contribution in [2.24, 2.45) is 12.5 Å². The molecule has 0 radical (unpaired) electrons. The molecule has 0 fully saturated rings. The van der Waals surface area contributed by atoms with E-state index in [2.05, 4.69) is 12.2 Å². The van der Waals surface area contributed by atoms with E-state index in [-0.39, 0.29) is 5.41 Å². The van der Waals surface area contributed by atoms with Crippen LogP contribution in [0.3, 0.4) is 0 Å². The number of rotatable bonds is 7. The lowest BCUT2D eigenvalue weighted by molar-refractivity contribution is 0.311. The summed E-state index contributed by atoms with van der Waals surface area (Å²) in [6.07, 6.45) is 2.75. The number of aryl methyl sites for hydroxylation is 1. The molecule has 1 N–H and O–H groups in total. The third-order valence-electron chi connectivity index (χ3n) is 3.22. The molecule has 0 aromatic carbocycles. The summed E-state index contributed by atoms with van der Waals surface area (Å²) in [5.41, 5.74) is 0.911. The molecule has 0 amide bonds. The van der Waals surface area contributed by atoms with Crippen LogP contribution in [-0.4, -0.2) is 37.4 Å². The van der Waals surface area contributed by atoms with Crippen LogP contribution in [0.25, 0.3) is 0 Å². The number of sulfonamides is 1. The van der Waals surface area contributed by atoms with Crippen LogP contribution in [0.1, 0.15) is 39.8 Å². The van der Waals surface area contributed by atoms with Crippen molar-refractivity contribution in [3.63, 3.8) is 0 Å². The molecule has 0 saturated carbocycles.